The second-order valence-electron chi connectivity index (χ2n) is 9.87. The zero-order chi connectivity index (χ0) is 25.2. The number of fused-ring (bicyclic) bond motifs is 3. The lowest BCUT2D eigenvalue weighted by Gasteiger charge is -2.33. The molecule has 0 spiro atoms. The van der Waals surface area contributed by atoms with Crippen molar-refractivity contribution in [2.75, 3.05) is 25.4 Å². The second-order valence-corrected chi connectivity index (χ2v) is 9.87. The molecule has 0 bridgehead atoms. The van der Waals surface area contributed by atoms with Crippen LogP contribution in [0, 0.1) is 11.8 Å². The monoisotopic (exact) mass is 486 g/mol. The van der Waals surface area contributed by atoms with Crippen molar-refractivity contribution in [3.63, 3.8) is 0 Å². The van der Waals surface area contributed by atoms with Crippen LogP contribution in [0.2, 0.25) is 0 Å². The van der Waals surface area contributed by atoms with Crippen LogP contribution in [0.4, 0.5) is 5.82 Å². The summed E-state index contributed by atoms with van der Waals surface area (Å²) in [5.74, 6) is 2.01. The molecule has 0 aliphatic carbocycles. The summed E-state index contributed by atoms with van der Waals surface area (Å²) in [6, 6.07) is 10.2. The van der Waals surface area contributed by atoms with Crippen LogP contribution in [-0.4, -0.2) is 50.0 Å². The van der Waals surface area contributed by atoms with E-state index < -0.39 is 0 Å². The number of hydrogen-bond acceptors (Lipinski definition) is 6. The molecule has 1 aliphatic heterocycles. The molecule has 0 unspecified atom stereocenters. The number of amides is 1. The van der Waals surface area contributed by atoms with Gasteiger partial charge in [-0.1, -0.05) is 32.0 Å². The molecule has 1 saturated heterocycles. The molecular weight excluding hydrogens is 452 g/mol. The molecule has 1 aliphatic rings. The van der Waals surface area contributed by atoms with Crippen LogP contribution in [0.3, 0.4) is 0 Å². The third kappa shape index (κ3) is 4.65. The van der Waals surface area contributed by atoms with Crippen LogP contribution >= 0.6 is 0 Å². The van der Waals surface area contributed by atoms with Gasteiger partial charge in [-0.2, -0.15) is 0 Å². The van der Waals surface area contributed by atoms with Crippen molar-refractivity contribution < 1.29 is 9.53 Å². The zero-order valence-corrected chi connectivity index (χ0v) is 21.3. The molecule has 1 amide bonds. The third-order valence-electron chi connectivity index (χ3n) is 7.07. The van der Waals surface area contributed by atoms with E-state index in [0.29, 0.717) is 24.9 Å². The highest BCUT2D eigenvalue weighted by atomic mass is 16.5. The Hall–Kier alpha value is -3.52. The number of carbonyl (C=O) groups excluding carboxylic acids is 1. The fourth-order valence-corrected chi connectivity index (χ4v) is 5.13. The van der Waals surface area contributed by atoms with Crippen molar-refractivity contribution in [2.24, 2.45) is 11.8 Å². The highest BCUT2D eigenvalue weighted by molar-refractivity contribution is 6.07. The predicted octanol–water partition coefficient (Wildman–Crippen LogP) is 4.66. The number of carbonyl (C=O) groups is 1. The normalized spacial score (nSPS) is 14.8. The van der Waals surface area contributed by atoms with Crippen molar-refractivity contribution in [3.8, 4) is 11.1 Å². The lowest BCUT2D eigenvalue weighted by Crippen LogP contribution is -2.41. The average Bonchev–Trinajstić information content (AvgIpc) is 3.26. The maximum absolute atomic E-state index is 12.5. The summed E-state index contributed by atoms with van der Waals surface area (Å²) in [5, 5.41) is 1.02. The Balaban J connectivity index is 1.53. The number of piperidine rings is 1. The molecule has 3 aromatic heterocycles. The fourth-order valence-electron chi connectivity index (χ4n) is 5.13. The molecule has 1 fully saturated rings. The van der Waals surface area contributed by atoms with Gasteiger partial charge >= 0.3 is 0 Å². The number of imidazole rings is 1. The van der Waals surface area contributed by atoms with E-state index in [1.54, 1.807) is 6.20 Å². The van der Waals surface area contributed by atoms with Gasteiger partial charge in [-0.05, 0) is 43.4 Å². The van der Waals surface area contributed by atoms with E-state index in [4.69, 9.17) is 20.4 Å². The predicted molar refractivity (Wildman–Crippen MR) is 142 cm³/mol. The van der Waals surface area contributed by atoms with Crippen LogP contribution in [-0.2, 0) is 22.7 Å². The Morgan fingerprint density at radius 1 is 1.17 bits per heavy atom. The third-order valence-corrected chi connectivity index (χ3v) is 7.07. The van der Waals surface area contributed by atoms with E-state index in [9.17, 15) is 4.79 Å². The van der Waals surface area contributed by atoms with Gasteiger partial charge in [-0.15, -0.1) is 0 Å². The van der Waals surface area contributed by atoms with E-state index in [0.717, 1.165) is 71.4 Å². The quantitative estimate of drug-likeness (QED) is 0.408. The van der Waals surface area contributed by atoms with Crippen molar-refractivity contribution >= 4 is 33.7 Å². The Morgan fingerprint density at radius 2 is 1.97 bits per heavy atom. The molecule has 4 heterocycles. The molecular formula is C28H34N6O2. The standard InChI is InChI=1S/C28H34N6O2/c1-4-36-17-24-32-25-26(34(24)16-19-9-12-33(13-10-19)28(35)18(2)3)22-8-7-20(14-23(22)31-27(25)29)21-6-5-11-30-15-21/h5-8,11,14-15,18-19H,4,9-10,12-13,16-17H2,1-3H3,(H2,29,31). The van der Waals surface area contributed by atoms with Gasteiger partial charge in [-0.3, -0.25) is 9.78 Å². The lowest BCUT2D eigenvalue weighted by molar-refractivity contribution is -0.135. The first-order chi connectivity index (χ1) is 17.5. The number of aromatic nitrogens is 4. The van der Waals surface area contributed by atoms with Gasteiger partial charge in [0.05, 0.1) is 11.0 Å². The molecule has 4 aromatic rings. The van der Waals surface area contributed by atoms with Crippen molar-refractivity contribution in [1.82, 2.24) is 24.4 Å². The summed E-state index contributed by atoms with van der Waals surface area (Å²) in [5.41, 5.74) is 11.1. The van der Waals surface area contributed by atoms with E-state index >= 15 is 0 Å². The molecule has 0 radical (unpaired) electrons. The maximum Gasteiger partial charge on any atom is 0.225 e. The fraction of sp³-hybridized carbons (Fsp3) is 0.429. The minimum Gasteiger partial charge on any atom is -0.382 e. The molecule has 36 heavy (non-hydrogen) atoms. The van der Waals surface area contributed by atoms with Crippen molar-refractivity contribution in [3.05, 3.63) is 48.5 Å². The van der Waals surface area contributed by atoms with Crippen LogP contribution in [0.25, 0.3) is 33.1 Å². The topological polar surface area (TPSA) is 99.2 Å². The lowest BCUT2D eigenvalue weighted by atomic mass is 9.95. The Bertz CT molecular complexity index is 1370. The van der Waals surface area contributed by atoms with Crippen LogP contribution in [0.15, 0.2) is 42.7 Å². The van der Waals surface area contributed by atoms with Gasteiger partial charge in [0.1, 0.15) is 17.9 Å². The summed E-state index contributed by atoms with van der Waals surface area (Å²) in [7, 11) is 0. The van der Waals surface area contributed by atoms with Gasteiger partial charge in [-0.25, -0.2) is 9.97 Å². The SMILES string of the molecule is CCOCc1nc2c(N)nc3cc(-c4cccnc4)ccc3c2n1CC1CCN(C(=O)C(C)C)CC1. The summed E-state index contributed by atoms with van der Waals surface area (Å²) in [6.45, 7) is 9.37. The van der Waals surface area contributed by atoms with Crippen molar-refractivity contribution in [1.29, 1.82) is 0 Å². The zero-order valence-electron chi connectivity index (χ0n) is 21.3. The molecule has 0 atom stereocenters. The Morgan fingerprint density at radius 3 is 2.67 bits per heavy atom. The molecule has 5 rings (SSSR count). The van der Waals surface area contributed by atoms with Gasteiger partial charge in [0, 0.05) is 55.5 Å². The minimum atomic E-state index is 0.0373. The number of likely N-dealkylation sites (tertiary alicyclic amines) is 1. The molecule has 1 aromatic carbocycles. The first-order valence-corrected chi connectivity index (χ1v) is 12.8. The number of nitrogens with two attached hydrogens (primary N) is 1. The van der Waals surface area contributed by atoms with Crippen LogP contribution < -0.4 is 5.73 Å². The summed E-state index contributed by atoms with van der Waals surface area (Å²) in [4.78, 5) is 28.3. The van der Waals surface area contributed by atoms with Crippen LogP contribution in [0.1, 0.15) is 39.4 Å². The Kier molecular flexibility index (Phi) is 6.87. The maximum atomic E-state index is 12.5. The van der Waals surface area contributed by atoms with Crippen LogP contribution in [0.5, 0.6) is 0 Å². The summed E-state index contributed by atoms with van der Waals surface area (Å²) < 4.78 is 8.06. The average molecular weight is 487 g/mol. The first-order valence-electron chi connectivity index (χ1n) is 12.8. The van der Waals surface area contributed by atoms with Gasteiger partial charge in [0.25, 0.3) is 0 Å². The summed E-state index contributed by atoms with van der Waals surface area (Å²) in [6.07, 6.45) is 5.56. The van der Waals surface area contributed by atoms with Gasteiger partial charge in [0.15, 0.2) is 5.82 Å². The molecule has 8 nitrogen and oxygen atoms in total. The number of nitrogen functional groups attached to an aromatic ring is 1. The number of nitrogens with zero attached hydrogens (tertiary/aromatic N) is 5. The second kappa shape index (κ2) is 10.2. The van der Waals surface area contributed by atoms with Crippen molar-refractivity contribution in [2.45, 2.75) is 46.8 Å². The smallest absolute Gasteiger partial charge is 0.225 e. The Labute approximate surface area is 211 Å². The molecule has 188 valence electrons. The van der Waals surface area contributed by atoms with E-state index in [2.05, 4.69) is 27.8 Å². The van der Waals surface area contributed by atoms with E-state index in [-0.39, 0.29) is 11.8 Å². The number of pyridine rings is 2. The molecule has 2 N–H and O–H groups in total. The van der Waals surface area contributed by atoms with E-state index in [1.165, 1.54) is 0 Å². The molecule has 8 heteroatoms. The highest BCUT2D eigenvalue weighted by Gasteiger charge is 2.26. The number of rotatable bonds is 7. The van der Waals surface area contributed by atoms with Gasteiger partial charge in [0.2, 0.25) is 5.91 Å². The molecule has 0 saturated carbocycles. The highest BCUT2D eigenvalue weighted by Crippen LogP contribution is 2.33. The van der Waals surface area contributed by atoms with E-state index in [1.807, 2.05) is 44.0 Å². The number of anilines is 1. The number of hydrogen-bond donors (Lipinski definition) is 1. The first kappa shape index (κ1) is 24.2. The number of ether oxygens (including phenoxy) is 1. The largest absolute Gasteiger partial charge is 0.382 e. The minimum absolute atomic E-state index is 0.0373. The number of benzene rings is 1. The van der Waals surface area contributed by atoms with Gasteiger partial charge < -0.3 is 19.9 Å². The summed E-state index contributed by atoms with van der Waals surface area (Å²) >= 11 is 0.